The minimum Gasteiger partial charge on any atom is -0.457 e. The number of hydrogen-bond acceptors (Lipinski definition) is 12. The fraction of sp³-hybridized carbons (Fsp3) is 0.390. The number of nitrogens with one attached hydrogen (secondary N) is 2. The quantitative estimate of drug-likeness (QED) is 0.185. The van der Waals surface area contributed by atoms with E-state index in [0.717, 1.165) is 49.3 Å². The summed E-state index contributed by atoms with van der Waals surface area (Å²) >= 11 is 0. The topological polar surface area (TPSA) is 186 Å². The lowest BCUT2D eigenvalue weighted by Gasteiger charge is -2.50. The zero-order chi connectivity index (χ0) is 40.8. The lowest BCUT2D eigenvalue weighted by Crippen LogP contribution is -2.62. The number of rotatable bonds is 9. The highest BCUT2D eigenvalue weighted by atomic mass is 19.3. The molecular formula is C41H43F2N11O5. The van der Waals surface area contributed by atoms with Gasteiger partial charge >= 0.3 is 5.69 Å². The van der Waals surface area contributed by atoms with Crippen LogP contribution in [-0.4, -0.2) is 115 Å². The zero-order valence-electron chi connectivity index (χ0n) is 32.0. The molecule has 18 heteroatoms. The average molecular weight is 808 g/mol. The van der Waals surface area contributed by atoms with Gasteiger partial charge in [0.2, 0.25) is 11.8 Å². The molecular weight excluding hydrogens is 765 g/mol. The van der Waals surface area contributed by atoms with Crippen LogP contribution in [0, 0.1) is 0 Å². The van der Waals surface area contributed by atoms with E-state index in [4.69, 9.17) is 10.5 Å². The van der Waals surface area contributed by atoms with Gasteiger partial charge in [0.15, 0.2) is 11.5 Å². The van der Waals surface area contributed by atoms with Gasteiger partial charge in [-0.2, -0.15) is 0 Å². The molecule has 16 nitrogen and oxygen atoms in total. The second kappa shape index (κ2) is 15.5. The van der Waals surface area contributed by atoms with Gasteiger partial charge in [0.1, 0.15) is 41.1 Å². The summed E-state index contributed by atoms with van der Waals surface area (Å²) in [7, 11) is 0. The van der Waals surface area contributed by atoms with Gasteiger partial charge in [-0.1, -0.05) is 18.2 Å². The molecule has 2 atom stereocenters. The van der Waals surface area contributed by atoms with Crippen molar-refractivity contribution in [3.05, 3.63) is 95.4 Å². The number of anilines is 2. The van der Waals surface area contributed by atoms with E-state index in [0.29, 0.717) is 29.8 Å². The van der Waals surface area contributed by atoms with Crippen molar-refractivity contribution in [2.45, 2.75) is 62.2 Å². The number of nitrogens with two attached hydrogens (primary N) is 1. The number of likely N-dealkylation sites (tertiary alicyclic amines) is 2. The highest BCUT2D eigenvalue weighted by molar-refractivity contribution is 6.03. The van der Waals surface area contributed by atoms with Crippen LogP contribution < -0.4 is 31.7 Å². The number of ether oxygens (including phenoxy) is 1. The normalized spacial score (nSPS) is 21.9. The van der Waals surface area contributed by atoms with E-state index in [2.05, 4.69) is 35.4 Å². The highest BCUT2D eigenvalue weighted by Gasteiger charge is 2.49. The number of hydrogen-bond donors (Lipinski definition) is 3. The van der Waals surface area contributed by atoms with Crippen LogP contribution in [0.4, 0.5) is 20.3 Å². The number of fused-ring (bicyclic) bond motifs is 1. The summed E-state index contributed by atoms with van der Waals surface area (Å²) in [5.41, 5.74) is 7.33. The molecule has 3 aromatic heterocycles. The number of alkyl halides is 2. The smallest absolute Gasteiger partial charge is 0.335 e. The first kappa shape index (κ1) is 38.3. The van der Waals surface area contributed by atoms with Gasteiger partial charge in [-0.15, -0.1) is 0 Å². The average Bonchev–Trinajstić information content (AvgIpc) is 3.51. The molecule has 3 amide bonds. The van der Waals surface area contributed by atoms with E-state index < -0.39 is 42.1 Å². The van der Waals surface area contributed by atoms with Crippen LogP contribution in [-0.2, 0) is 9.59 Å². The third-order valence-corrected chi connectivity index (χ3v) is 11.9. The number of imidazole rings is 1. The summed E-state index contributed by atoms with van der Waals surface area (Å²) in [5.74, 6) is -3.37. The Hall–Kier alpha value is -6.27. The van der Waals surface area contributed by atoms with Crippen LogP contribution in [0.2, 0.25) is 0 Å². The van der Waals surface area contributed by atoms with Crippen molar-refractivity contribution in [3.8, 4) is 17.2 Å². The molecule has 5 aromatic rings. The van der Waals surface area contributed by atoms with Crippen molar-refractivity contribution in [1.82, 2.24) is 44.5 Å². The molecule has 0 bridgehead atoms. The molecule has 4 aliphatic heterocycles. The molecule has 0 unspecified atom stereocenters. The van der Waals surface area contributed by atoms with Crippen molar-refractivity contribution >= 4 is 40.4 Å². The Labute approximate surface area is 337 Å². The molecule has 0 radical (unpaired) electrons. The number of aromatic nitrogens is 5. The standard InChI is InChI=1S/C41H43F2N11O5/c42-41(43)23-51(25-14-17-50(18-15-25)28-21-52(22-28)27-8-11-31(45-20-27)38(56)48-32-12-13-34(55)49-39(32)57)19-16-33(41)54-37-35(36(44)46-24-47-37)53(40(54)58)26-6-9-30(10-7-26)59-29-4-2-1-3-5-29/h1-11,20,24-25,28,32-33H,12-19,21-23H2,(H,48,56)(H2,44,46,47)(H,49,55,57)/t32-,33-/m1/s1. The fourth-order valence-electron chi connectivity index (χ4n) is 8.74. The summed E-state index contributed by atoms with van der Waals surface area (Å²) in [6.45, 7) is 3.05. The number of para-hydroxylation sites is 1. The Morgan fingerprint density at radius 1 is 0.831 bits per heavy atom. The van der Waals surface area contributed by atoms with Crippen molar-refractivity contribution in [1.29, 1.82) is 0 Å². The van der Waals surface area contributed by atoms with E-state index in [-0.39, 0.29) is 53.9 Å². The monoisotopic (exact) mass is 807 g/mol. The van der Waals surface area contributed by atoms with Gasteiger partial charge in [-0.25, -0.2) is 28.5 Å². The SMILES string of the molecule is Nc1ncnc2c1n(-c1ccc(Oc3ccccc3)cc1)c(=O)n2[C@@H]1CCN(C2CCN(C3CN(c4ccc(C(=O)N[C@@H]5CCC(=O)NC5=O)nc4)C3)CC2)CC1(F)F. The highest BCUT2D eigenvalue weighted by Crippen LogP contribution is 2.40. The van der Waals surface area contributed by atoms with Crippen molar-refractivity contribution in [2.24, 2.45) is 0 Å². The van der Waals surface area contributed by atoms with Crippen LogP contribution in [0.5, 0.6) is 11.5 Å². The van der Waals surface area contributed by atoms with Crippen molar-refractivity contribution in [2.75, 3.05) is 49.9 Å². The minimum atomic E-state index is -3.23. The molecule has 0 saturated carbocycles. The number of halogens is 2. The van der Waals surface area contributed by atoms with E-state index >= 15 is 8.78 Å². The first-order chi connectivity index (χ1) is 28.5. The lowest BCUT2D eigenvalue weighted by molar-refractivity contribution is -0.134. The van der Waals surface area contributed by atoms with Gasteiger partial charge in [0, 0.05) is 51.2 Å². The predicted molar refractivity (Wildman–Crippen MR) is 213 cm³/mol. The summed E-state index contributed by atoms with van der Waals surface area (Å²) in [5, 5.41) is 4.87. The molecule has 59 heavy (non-hydrogen) atoms. The summed E-state index contributed by atoms with van der Waals surface area (Å²) in [6, 6.07) is 17.6. The second-order valence-corrected chi connectivity index (χ2v) is 15.6. The maximum Gasteiger partial charge on any atom is 0.335 e. The number of nitrogens with zero attached hydrogens (tertiary/aromatic N) is 8. The van der Waals surface area contributed by atoms with Crippen LogP contribution >= 0.6 is 0 Å². The molecule has 4 saturated heterocycles. The van der Waals surface area contributed by atoms with E-state index in [1.165, 1.54) is 10.9 Å². The predicted octanol–water partition coefficient (Wildman–Crippen LogP) is 3.12. The van der Waals surface area contributed by atoms with Crippen LogP contribution in [0.1, 0.15) is 48.6 Å². The number of pyridine rings is 1. The number of amides is 3. The minimum absolute atomic E-state index is 0.00929. The van der Waals surface area contributed by atoms with Crippen LogP contribution in [0.3, 0.4) is 0 Å². The maximum absolute atomic E-state index is 16.3. The first-order valence-electron chi connectivity index (χ1n) is 19.8. The Bertz CT molecular complexity index is 2430. The number of carbonyl (C=O) groups excluding carboxylic acids is 3. The fourth-order valence-corrected chi connectivity index (χ4v) is 8.74. The molecule has 4 N–H and O–H groups in total. The number of piperidine rings is 3. The number of imide groups is 1. The van der Waals surface area contributed by atoms with E-state index in [1.54, 1.807) is 36.5 Å². The third-order valence-electron chi connectivity index (χ3n) is 11.9. The molecule has 2 aromatic carbocycles. The summed E-state index contributed by atoms with van der Waals surface area (Å²) in [6.07, 6.45) is 4.81. The van der Waals surface area contributed by atoms with Crippen molar-refractivity contribution in [3.63, 3.8) is 0 Å². The number of benzene rings is 2. The van der Waals surface area contributed by atoms with Crippen molar-refractivity contribution < 1.29 is 27.9 Å². The first-order valence-corrected chi connectivity index (χ1v) is 19.8. The number of carbonyl (C=O) groups is 3. The molecule has 0 aliphatic carbocycles. The molecule has 0 spiro atoms. The molecule has 4 aliphatic rings. The van der Waals surface area contributed by atoms with E-state index in [9.17, 15) is 19.2 Å². The van der Waals surface area contributed by atoms with Gasteiger partial charge in [-0.3, -0.25) is 38.6 Å². The Balaban J connectivity index is 0.803. The largest absolute Gasteiger partial charge is 0.457 e. The second-order valence-electron chi connectivity index (χ2n) is 15.6. The van der Waals surface area contributed by atoms with Gasteiger partial charge in [-0.05, 0) is 74.2 Å². The third kappa shape index (κ3) is 7.49. The Morgan fingerprint density at radius 3 is 2.24 bits per heavy atom. The molecule has 4 fully saturated rings. The van der Waals surface area contributed by atoms with Gasteiger partial charge in [0.25, 0.3) is 11.8 Å². The van der Waals surface area contributed by atoms with Gasteiger partial charge < -0.3 is 20.7 Å². The van der Waals surface area contributed by atoms with Gasteiger partial charge in [0.05, 0.1) is 24.1 Å². The Kier molecular flexibility index (Phi) is 10.0. The van der Waals surface area contributed by atoms with E-state index in [1.807, 2.05) is 41.3 Å². The zero-order valence-corrected chi connectivity index (χ0v) is 32.0. The number of nitrogen functional groups attached to an aromatic ring is 1. The molecule has 9 rings (SSSR count). The Morgan fingerprint density at radius 2 is 1.54 bits per heavy atom. The molecule has 7 heterocycles. The summed E-state index contributed by atoms with van der Waals surface area (Å²) in [4.78, 5) is 69.4. The lowest BCUT2D eigenvalue weighted by atomic mass is 9.94. The van der Waals surface area contributed by atoms with Crippen LogP contribution in [0.25, 0.3) is 16.9 Å². The summed E-state index contributed by atoms with van der Waals surface area (Å²) < 4.78 is 41.0. The maximum atomic E-state index is 16.3. The van der Waals surface area contributed by atoms with Crippen LogP contribution in [0.15, 0.2) is 84.0 Å². The molecule has 306 valence electrons.